The van der Waals surface area contributed by atoms with Crippen molar-refractivity contribution in [2.45, 2.75) is 44.4 Å². The molecule has 190 valence electrons. The van der Waals surface area contributed by atoms with E-state index in [4.69, 9.17) is 11.6 Å². The van der Waals surface area contributed by atoms with E-state index in [1.165, 1.54) is 11.3 Å². The van der Waals surface area contributed by atoms with Gasteiger partial charge in [-0.1, -0.05) is 11.6 Å². The van der Waals surface area contributed by atoms with Crippen LogP contribution in [0.1, 0.15) is 50.1 Å². The van der Waals surface area contributed by atoms with Crippen LogP contribution in [-0.4, -0.2) is 70.7 Å². The van der Waals surface area contributed by atoms with Gasteiger partial charge in [0.1, 0.15) is 5.69 Å². The highest BCUT2D eigenvalue weighted by molar-refractivity contribution is 7.13. The molecular formula is C25H29ClN6O3S. The minimum atomic E-state index is -0.399. The Hall–Kier alpha value is -2.95. The summed E-state index contributed by atoms with van der Waals surface area (Å²) in [5, 5.41) is 8.03. The third-order valence-electron chi connectivity index (χ3n) is 6.91. The smallest absolute Gasteiger partial charge is 0.280 e. The molecule has 1 saturated carbocycles. The van der Waals surface area contributed by atoms with E-state index < -0.39 is 6.04 Å². The average molecular weight is 529 g/mol. The number of hydrogen-bond donors (Lipinski definition) is 3. The first-order valence-corrected chi connectivity index (χ1v) is 13.2. The van der Waals surface area contributed by atoms with Gasteiger partial charge in [0.25, 0.3) is 11.8 Å². The van der Waals surface area contributed by atoms with E-state index in [1.807, 2.05) is 13.1 Å². The lowest BCUT2D eigenvalue weighted by Crippen LogP contribution is -2.56. The summed E-state index contributed by atoms with van der Waals surface area (Å²) in [6.45, 7) is 1.52. The number of carbonyl (C=O) groups excluding carboxylic acids is 3. The summed E-state index contributed by atoms with van der Waals surface area (Å²) in [6.07, 6.45) is 1.66. The lowest BCUT2D eigenvalue weighted by Gasteiger charge is -2.37. The molecule has 0 bridgehead atoms. The summed E-state index contributed by atoms with van der Waals surface area (Å²) in [5.74, 6) is -0.717. The number of hydrogen-bond acceptors (Lipinski definition) is 6. The second-order valence-electron chi connectivity index (χ2n) is 9.88. The summed E-state index contributed by atoms with van der Waals surface area (Å²) in [4.78, 5) is 51.5. The molecule has 3 atom stereocenters. The van der Waals surface area contributed by atoms with Gasteiger partial charge in [-0.15, -0.1) is 11.3 Å². The van der Waals surface area contributed by atoms with Crippen LogP contribution in [-0.2, 0) is 17.9 Å². The van der Waals surface area contributed by atoms with Crippen LogP contribution in [0.25, 0.3) is 10.9 Å². The van der Waals surface area contributed by atoms with E-state index in [-0.39, 0.29) is 29.7 Å². The first kappa shape index (κ1) is 24.7. The quantitative estimate of drug-likeness (QED) is 0.471. The molecule has 1 aliphatic carbocycles. The van der Waals surface area contributed by atoms with E-state index in [0.717, 1.165) is 34.6 Å². The highest BCUT2D eigenvalue weighted by Gasteiger charge is 2.37. The number of thiazole rings is 1. The molecule has 3 aromatic rings. The predicted molar refractivity (Wildman–Crippen MR) is 139 cm³/mol. The first-order valence-electron chi connectivity index (χ1n) is 12.0. The van der Waals surface area contributed by atoms with E-state index in [2.05, 4.69) is 25.5 Å². The minimum absolute atomic E-state index is 0.0304. The van der Waals surface area contributed by atoms with Crippen molar-refractivity contribution in [3.8, 4) is 0 Å². The van der Waals surface area contributed by atoms with Crippen LogP contribution in [0.4, 0.5) is 0 Å². The summed E-state index contributed by atoms with van der Waals surface area (Å²) in [5.41, 5.74) is 2.18. The molecule has 11 heteroatoms. The maximum absolute atomic E-state index is 13.2. The average Bonchev–Trinajstić information content (AvgIpc) is 3.52. The molecule has 0 saturated heterocycles. The predicted octanol–water partition coefficient (Wildman–Crippen LogP) is 3.01. The number of benzene rings is 1. The third-order valence-corrected chi connectivity index (χ3v) is 8.22. The van der Waals surface area contributed by atoms with Gasteiger partial charge < -0.3 is 20.5 Å². The molecule has 0 spiro atoms. The van der Waals surface area contributed by atoms with Crippen molar-refractivity contribution >= 4 is 51.6 Å². The zero-order valence-electron chi connectivity index (χ0n) is 20.4. The van der Waals surface area contributed by atoms with Crippen molar-refractivity contribution in [3.05, 3.63) is 50.6 Å². The largest absolute Gasteiger partial charge is 0.351 e. The Balaban J connectivity index is 1.33. The van der Waals surface area contributed by atoms with Crippen molar-refractivity contribution < 1.29 is 14.4 Å². The van der Waals surface area contributed by atoms with E-state index in [0.29, 0.717) is 35.0 Å². The maximum Gasteiger partial charge on any atom is 0.280 e. The number of H-pyrrole nitrogens is 1. The normalized spacial score (nSPS) is 21.8. The van der Waals surface area contributed by atoms with E-state index in [9.17, 15) is 14.4 Å². The fourth-order valence-electron chi connectivity index (χ4n) is 5.08. The molecule has 3 N–H and O–H groups in total. The van der Waals surface area contributed by atoms with Gasteiger partial charge in [0.2, 0.25) is 5.91 Å². The third kappa shape index (κ3) is 4.98. The molecule has 3 heterocycles. The maximum atomic E-state index is 13.2. The van der Waals surface area contributed by atoms with Gasteiger partial charge in [-0.05, 0) is 50.6 Å². The van der Waals surface area contributed by atoms with Crippen LogP contribution in [0.2, 0.25) is 5.02 Å². The molecule has 9 nitrogen and oxygen atoms in total. The van der Waals surface area contributed by atoms with E-state index >= 15 is 0 Å². The van der Waals surface area contributed by atoms with Crippen LogP contribution in [0.5, 0.6) is 0 Å². The summed E-state index contributed by atoms with van der Waals surface area (Å²) < 4.78 is 0. The van der Waals surface area contributed by atoms with Crippen molar-refractivity contribution in [3.63, 3.8) is 0 Å². The number of halogens is 1. The zero-order chi connectivity index (χ0) is 25.6. The minimum Gasteiger partial charge on any atom is -0.351 e. The Kier molecular flexibility index (Phi) is 6.76. The molecule has 2 aliphatic rings. The van der Waals surface area contributed by atoms with Gasteiger partial charge in [0.05, 0.1) is 11.7 Å². The van der Waals surface area contributed by atoms with E-state index in [1.54, 1.807) is 37.2 Å². The Morgan fingerprint density at radius 2 is 1.89 bits per heavy atom. The number of aromatic nitrogens is 2. The summed E-state index contributed by atoms with van der Waals surface area (Å²) in [6, 6.07) is 6.44. The standard InChI is InChI=1S/C25H29ClN6O3S/c1-31(2)25(35)13-4-6-17(28-22(33)19-10-14-8-15(26)5-7-16(14)27-19)18(9-13)29-23(34)24-30-20-11-32(3)12-21(20)36-24/h5,7-8,10,13,17-18,27H,4,6,9,11-12H2,1-3H3,(H,28,33)(H,29,34)/t13-,17-,18+/m0/s1. The molecule has 36 heavy (non-hydrogen) atoms. The van der Waals surface area contributed by atoms with Gasteiger partial charge in [0, 0.05) is 59.9 Å². The Morgan fingerprint density at radius 1 is 1.11 bits per heavy atom. The van der Waals surface area contributed by atoms with Crippen LogP contribution in [0, 0.1) is 5.92 Å². The number of amides is 3. The number of fused-ring (bicyclic) bond motifs is 2. The Bertz CT molecular complexity index is 1310. The summed E-state index contributed by atoms with van der Waals surface area (Å²) >= 11 is 7.49. The van der Waals surface area contributed by atoms with Gasteiger partial charge in [-0.2, -0.15) is 0 Å². The van der Waals surface area contributed by atoms with Crippen LogP contribution >= 0.6 is 22.9 Å². The molecule has 0 radical (unpaired) electrons. The number of carbonyl (C=O) groups is 3. The van der Waals surface area contributed by atoms with Gasteiger partial charge in [-0.25, -0.2) is 4.98 Å². The van der Waals surface area contributed by atoms with Gasteiger partial charge >= 0.3 is 0 Å². The van der Waals surface area contributed by atoms with Gasteiger partial charge in [0.15, 0.2) is 5.01 Å². The monoisotopic (exact) mass is 528 g/mol. The Labute approximate surface area is 218 Å². The number of nitrogens with one attached hydrogen (secondary N) is 3. The highest BCUT2D eigenvalue weighted by Crippen LogP contribution is 2.30. The van der Waals surface area contributed by atoms with Crippen LogP contribution < -0.4 is 10.6 Å². The number of nitrogens with zero attached hydrogens (tertiary/aromatic N) is 3. The topological polar surface area (TPSA) is 110 Å². The van der Waals surface area contributed by atoms with Crippen LogP contribution in [0.3, 0.4) is 0 Å². The second-order valence-corrected chi connectivity index (χ2v) is 11.4. The first-order chi connectivity index (χ1) is 17.2. The van der Waals surface area contributed by atoms with Crippen molar-refractivity contribution in [2.24, 2.45) is 5.92 Å². The number of rotatable bonds is 5. The fraction of sp³-hybridized carbons (Fsp3) is 0.440. The second kappa shape index (κ2) is 9.84. The molecule has 3 amide bonds. The van der Waals surface area contributed by atoms with Gasteiger partial charge in [-0.3, -0.25) is 19.3 Å². The molecule has 1 aromatic carbocycles. The highest BCUT2D eigenvalue weighted by atomic mass is 35.5. The van der Waals surface area contributed by atoms with Crippen molar-refractivity contribution in [1.29, 1.82) is 0 Å². The molecule has 1 aliphatic heterocycles. The SMILES string of the molecule is CN1Cc2nc(C(=O)N[C@@H]3C[C@@H](C(=O)N(C)C)CC[C@@H]3NC(=O)c3cc4cc(Cl)ccc4[nH]3)sc2C1. The van der Waals surface area contributed by atoms with Crippen LogP contribution in [0.15, 0.2) is 24.3 Å². The fourth-order valence-corrected chi connectivity index (χ4v) is 6.31. The molecule has 0 unspecified atom stereocenters. The van der Waals surface area contributed by atoms with Crippen molar-refractivity contribution in [1.82, 2.24) is 30.4 Å². The Morgan fingerprint density at radius 3 is 2.64 bits per heavy atom. The molecule has 5 rings (SSSR count). The van der Waals surface area contributed by atoms with Crippen molar-refractivity contribution in [2.75, 3.05) is 21.1 Å². The summed E-state index contributed by atoms with van der Waals surface area (Å²) in [7, 11) is 5.49. The number of aromatic amines is 1. The molecule has 1 fully saturated rings. The molecular weight excluding hydrogens is 500 g/mol. The lowest BCUT2D eigenvalue weighted by molar-refractivity contribution is -0.134. The molecule has 2 aromatic heterocycles. The lowest BCUT2D eigenvalue weighted by atomic mass is 9.81. The zero-order valence-corrected chi connectivity index (χ0v) is 22.0.